The van der Waals surface area contributed by atoms with Crippen molar-refractivity contribution >= 4 is 31.5 Å². The van der Waals surface area contributed by atoms with Gasteiger partial charge in [0.1, 0.15) is 6.79 Å². The van der Waals surface area contributed by atoms with Crippen molar-refractivity contribution in [3.63, 3.8) is 0 Å². The average molecular weight is 490 g/mol. The van der Waals surface area contributed by atoms with Gasteiger partial charge in [0.05, 0.1) is 13.3 Å². The van der Waals surface area contributed by atoms with Crippen molar-refractivity contribution in [1.82, 2.24) is 15.1 Å². The lowest BCUT2D eigenvalue weighted by Gasteiger charge is -2.59. The van der Waals surface area contributed by atoms with Gasteiger partial charge in [-0.2, -0.15) is 0 Å². The summed E-state index contributed by atoms with van der Waals surface area (Å²) in [7, 11) is 0. The predicted molar refractivity (Wildman–Crippen MR) is 147 cm³/mol. The summed E-state index contributed by atoms with van der Waals surface area (Å²) in [5, 5.41) is 13.0. The SMILES string of the molecule is C=N/C=C(\C=N/CN(CCO)CCNC1CC2(C1)CN(Cc1ccccc1)C2)SC.C=O.CC. The first-order valence-corrected chi connectivity index (χ1v) is 13.2. The summed E-state index contributed by atoms with van der Waals surface area (Å²) < 4.78 is 0. The lowest BCUT2D eigenvalue weighted by atomic mass is 9.60. The van der Waals surface area contributed by atoms with E-state index in [2.05, 4.69) is 62.2 Å². The van der Waals surface area contributed by atoms with Crippen LogP contribution >= 0.6 is 11.8 Å². The number of hydrogen-bond donors (Lipinski definition) is 2. The number of hydrogen-bond acceptors (Lipinski definition) is 8. The quantitative estimate of drug-likeness (QED) is 0.414. The van der Waals surface area contributed by atoms with Crippen molar-refractivity contribution in [3.8, 4) is 0 Å². The number of allylic oxidation sites excluding steroid dienone is 1. The Kier molecular flexibility index (Phi) is 15.6. The highest BCUT2D eigenvalue weighted by Gasteiger charge is 2.51. The first-order valence-electron chi connectivity index (χ1n) is 12.0. The van der Waals surface area contributed by atoms with Gasteiger partial charge in [0.2, 0.25) is 0 Å². The van der Waals surface area contributed by atoms with E-state index in [1.807, 2.05) is 33.1 Å². The number of likely N-dealkylation sites (tertiary alicyclic amines) is 1. The van der Waals surface area contributed by atoms with Crippen molar-refractivity contribution < 1.29 is 9.90 Å². The fourth-order valence-electron chi connectivity index (χ4n) is 4.54. The van der Waals surface area contributed by atoms with Crippen LogP contribution in [0.25, 0.3) is 0 Å². The van der Waals surface area contributed by atoms with Crippen LogP contribution in [0, 0.1) is 5.41 Å². The van der Waals surface area contributed by atoms with Gasteiger partial charge in [-0.15, -0.1) is 11.8 Å². The summed E-state index contributed by atoms with van der Waals surface area (Å²) in [5.41, 5.74) is 1.97. The molecule has 0 radical (unpaired) electrons. The molecular formula is C26H43N5O2S. The number of benzene rings is 1. The topological polar surface area (TPSA) is 80.5 Å². The van der Waals surface area contributed by atoms with Gasteiger partial charge in [-0.25, -0.2) is 0 Å². The summed E-state index contributed by atoms with van der Waals surface area (Å²) in [6.07, 6.45) is 8.09. The van der Waals surface area contributed by atoms with Gasteiger partial charge in [0.25, 0.3) is 0 Å². The van der Waals surface area contributed by atoms with Crippen molar-refractivity contribution in [2.75, 3.05) is 52.3 Å². The van der Waals surface area contributed by atoms with Crippen molar-refractivity contribution in [2.24, 2.45) is 15.4 Å². The molecule has 34 heavy (non-hydrogen) atoms. The Morgan fingerprint density at radius 3 is 2.53 bits per heavy atom. The van der Waals surface area contributed by atoms with Crippen LogP contribution in [0.4, 0.5) is 0 Å². The molecule has 190 valence electrons. The third kappa shape index (κ3) is 10.2. The lowest BCUT2D eigenvalue weighted by Crippen LogP contribution is -2.65. The molecule has 1 heterocycles. The van der Waals surface area contributed by atoms with Gasteiger partial charge in [-0.1, -0.05) is 44.2 Å². The minimum atomic E-state index is 0.152. The van der Waals surface area contributed by atoms with E-state index in [0.29, 0.717) is 24.7 Å². The van der Waals surface area contributed by atoms with E-state index in [4.69, 9.17) is 4.79 Å². The Labute approximate surface area is 210 Å². The largest absolute Gasteiger partial charge is 0.395 e. The molecule has 1 aliphatic carbocycles. The van der Waals surface area contributed by atoms with Crippen molar-refractivity contribution in [1.29, 1.82) is 0 Å². The van der Waals surface area contributed by atoms with E-state index >= 15 is 0 Å². The van der Waals surface area contributed by atoms with Crippen LogP contribution in [-0.2, 0) is 11.3 Å². The predicted octanol–water partition coefficient (Wildman–Crippen LogP) is 3.31. The summed E-state index contributed by atoms with van der Waals surface area (Å²) in [6, 6.07) is 11.4. The monoisotopic (exact) mass is 489 g/mol. The van der Waals surface area contributed by atoms with Crippen LogP contribution in [0.2, 0.25) is 0 Å². The highest BCUT2D eigenvalue weighted by molar-refractivity contribution is 8.03. The van der Waals surface area contributed by atoms with Crippen LogP contribution in [0.5, 0.6) is 0 Å². The molecule has 0 aromatic heterocycles. The fourth-order valence-corrected chi connectivity index (χ4v) is 4.90. The zero-order valence-electron chi connectivity index (χ0n) is 21.2. The highest BCUT2D eigenvalue weighted by atomic mass is 32.2. The van der Waals surface area contributed by atoms with Crippen LogP contribution in [0.15, 0.2) is 51.4 Å². The Balaban J connectivity index is 0.00000137. The molecule has 7 nitrogen and oxygen atoms in total. The normalized spacial score (nSPS) is 17.4. The zero-order valence-corrected chi connectivity index (χ0v) is 22.0. The van der Waals surface area contributed by atoms with E-state index < -0.39 is 0 Å². The molecule has 2 fully saturated rings. The van der Waals surface area contributed by atoms with Gasteiger partial charge < -0.3 is 15.2 Å². The third-order valence-corrected chi connectivity index (χ3v) is 6.64. The van der Waals surface area contributed by atoms with E-state index in [-0.39, 0.29) is 6.61 Å². The number of thioether (sulfide) groups is 1. The first-order chi connectivity index (χ1) is 16.7. The minimum absolute atomic E-state index is 0.152. The number of carbonyl (C=O) groups is 1. The second kappa shape index (κ2) is 17.6. The maximum absolute atomic E-state index is 9.32. The Morgan fingerprint density at radius 1 is 1.26 bits per heavy atom. The molecule has 8 heteroatoms. The Bertz CT molecular complexity index is 730. The van der Waals surface area contributed by atoms with E-state index in [1.54, 1.807) is 18.0 Å². The van der Waals surface area contributed by atoms with Crippen LogP contribution < -0.4 is 5.32 Å². The second-order valence-electron chi connectivity index (χ2n) is 8.40. The third-order valence-electron chi connectivity index (χ3n) is 5.96. The van der Waals surface area contributed by atoms with Gasteiger partial charge in [-0.05, 0) is 36.8 Å². The maximum atomic E-state index is 9.32. The van der Waals surface area contributed by atoms with Gasteiger partial charge >= 0.3 is 0 Å². The number of carbonyl (C=O) groups excluding carboxylic acids is 1. The van der Waals surface area contributed by atoms with Crippen molar-refractivity contribution in [2.45, 2.75) is 39.3 Å². The molecule has 2 aliphatic rings. The van der Waals surface area contributed by atoms with Crippen LogP contribution in [-0.4, -0.2) is 92.9 Å². The molecule has 1 aromatic carbocycles. The molecule has 1 spiro atoms. The molecule has 0 unspecified atom stereocenters. The smallest absolute Gasteiger partial charge is 0.106 e. The molecular weight excluding hydrogens is 446 g/mol. The first kappa shape index (κ1) is 30.2. The average Bonchev–Trinajstić information content (AvgIpc) is 2.83. The summed E-state index contributed by atoms with van der Waals surface area (Å²) in [5.74, 6) is 0. The van der Waals surface area contributed by atoms with Gasteiger partial charge in [-0.3, -0.25) is 19.8 Å². The molecule has 1 saturated carbocycles. The maximum Gasteiger partial charge on any atom is 0.106 e. The lowest BCUT2D eigenvalue weighted by molar-refractivity contribution is -0.0980. The molecule has 0 amide bonds. The van der Waals surface area contributed by atoms with E-state index in [1.165, 1.54) is 31.5 Å². The number of aliphatic imine (C=N–C) groups is 2. The molecule has 0 atom stereocenters. The molecule has 3 rings (SSSR count). The molecule has 1 saturated heterocycles. The number of nitrogens with zero attached hydrogens (tertiary/aromatic N) is 4. The Morgan fingerprint density at radius 2 is 1.94 bits per heavy atom. The molecule has 0 bridgehead atoms. The second-order valence-corrected chi connectivity index (χ2v) is 9.28. The van der Waals surface area contributed by atoms with Crippen LogP contribution in [0.3, 0.4) is 0 Å². The Hall–Kier alpha value is -1.84. The standard InChI is InChI=1S/C23H35N5OS.C2H6.CH2O/c1-24-14-22(30-2)15-25-19-27(10-11-29)9-8-26-21-12-23(13-21)17-28(18-23)16-20-6-4-3-5-7-20;2*1-2/h3-7,14-15,21,26,29H,1,8-13,16-19H2,2H3;1-2H3;1H2/b22-14+,25-15-;;. The minimum Gasteiger partial charge on any atom is -0.395 e. The molecule has 1 aliphatic heterocycles. The fraction of sp³-hybridized carbons (Fsp3) is 0.577. The zero-order chi connectivity index (χ0) is 25.2. The number of nitrogens with one attached hydrogen (secondary N) is 1. The number of aliphatic hydroxyl groups excluding tert-OH is 1. The van der Waals surface area contributed by atoms with Gasteiger partial charge in [0.15, 0.2) is 0 Å². The molecule has 2 N–H and O–H groups in total. The van der Waals surface area contributed by atoms with E-state index in [9.17, 15) is 5.11 Å². The molecule has 1 aromatic rings. The van der Waals surface area contributed by atoms with Gasteiger partial charge in [0, 0.05) is 62.6 Å². The van der Waals surface area contributed by atoms with Crippen LogP contribution in [0.1, 0.15) is 32.3 Å². The summed E-state index contributed by atoms with van der Waals surface area (Å²) >= 11 is 1.59. The highest BCUT2D eigenvalue weighted by Crippen LogP contribution is 2.48. The van der Waals surface area contributed by atoms with Crippen molar-refractivity contribution in [3.05, 3.63) is 47.0 Å². The van der Waals surface area contributed by atoms with E-state index in [0.717, 1.165) is 24.5 Å². The number of rotatable bonds is 13. The number of aliphatic hydroxyl groups is 1. The summed E-state index contributed by atoms with van der Waals surface area (Å²) in [4.78, 5) is 22.0. The summed E-state index contributed by atoms with van der Waals surface area (Å²) in [6.45, 7) is 16.2.